The summed E-state index contributed by atoms with van der Waals surface area (Å²) in [6, 6.07) is 0. The van der Waals surface area contributed by atoms with E-state index in [1.54, 1.807) is 0 Å². The van der Waals surface area contributed by atoms with E-state index in [1.165, 1.54) is 38.5 Å². The number of unbranched alkanes of at least 4 members (excludes halogenated alkanes) is 2. The van der Waals surface area contributed by atoms with Gasteiger partial charge in [-0.15, -0.1) is 0 Å². The van der Waals surface area contributed by atoms with Crippen LogP contribution in [0.1, 0.15) is 59.3 Å². The van der Waals surface area contributed by atoms with E-state index in [2.05, 4.69) is 27.2 Å². The highest BCUT2D eigenvalue weighted by molar-refractivity contribution is 4.78. The lowest BCUT2D eigenvalue weighted by Crippen LogP contribution is -2.23. The standard InChI is InChI=1S/C13H25/c1-4-5-6-9-13-10-7-8-11(2)12(13)3/h5,11-13H,4,6-10H2,1-3H3. The van der Waals surface area contributed by atoms with E-state index in [-0.39, 0.29) is 0 Å². The molecule has 0 saturated heterocycles. The van der Waals surface area contributed by atoms with Crippen LogP contribution in [0, 0.1) is 24.2 Å². The van der Waals surface area contributed by atoms with Crippen LogP contribution in [-0.2, 0) is 0 Å². The van der Waals surface area contributed by atoms with E-state index < -0.39 is 0 Å². The topological polar surface area (TPSA) is 0 Å². The van der Waals surface area contributed by atoms with Gasteiger partial charge in [0.15, 0.2) is 0 Å². The second-order valence-electron chi connectivity index (χ2n) is 4.80. The zero-order chi connectivity index (χ0) is 9.68. The van der Waals surface area contributed by atoms with Crippen LogP contribution in [0.4, 0.5) is 0 Å². The molecule has 1 saturated carbocycles. The Balaban J connectivity index is 2.23. The molecule has 1 rings (SSSR count). The maximum atomic E-state index is 2.46. The van der Waals surface area contributed by atoms with E-state index in [0.717, 1.165) is 17.8 Å². The predicted molar refractivity (Wildman–Crippen MR) is 59.5 cm³/mol. The summed E-state index contributed by atoms with van der Waals surface area (Å²) in [7, 11) is 0. The molecule has 0 bridgehead atoms. The molecule has 0 spiro atoms. The van der Waals surface area contributed by atoms with Crippen LogP contribution in [0.5, 0.6) is 0 Å². The van der Waals surface area contributed by atoms with Gasteiger partial charge in [-0.2, -0.15) is 0 Å². The Kier molecular flexibility index (Phi) is 4.83. The minimum Gasteiger partial charge on any atom is -0.0651 e. The Morgan fingerprint density at radius 3 is 2.69 bits per heavy atom. The van der Waals surface area contributed by atoms with E-state index in [1.807, 2.05) is 0 Å². The first-order valence-corrected chi connectivity index (χ1v) is 6.07. The third-order valence-electron chi connectivity index (χ3n) is 3.91. The van der Waals surface area contributed by atoms with E-state index in [9.17, 15) is 0 Å². The van der Waals surface area contributed by atoms with Gasteiger partial charge in [0.25, 0.3) is 0 Å². The van der Waals surface area contributed by atoms with Gasteiger partial charge in [-0.05, 0) is 37.0 Å². The van der Waals surface area contributed by atoms with Crippen LogP contribution in [0.3, 0.4) is 0 Å². The first kappa shape index (κ1) is 11.1. The molecular weight excluding hydrogens is 156 g/mol. The first-order chi connectivity index (χ1) is 6.25. The normalized spacial score (nSPS) is 34.8. The molecular formula is C13H25. The molecule has 3 atom stereocenters. The van der Waals surface area contributed by atoms with Crippen molar-refractivity contribution in [2.45, 2.75) is 59.3 Å². The molecule has 0 nitrogen and oxygen atoms in total. The van der Waals surface area contributed by atoms with Crippen molar-refractivity contribution in [3.8, 4) is 0 Å². The number of hydrogen-bond acceptors (Lipinski definition) is 0. The van der Waals surface area contributed by atoms with Crippen molar-refractivity contribution in [1.29, 1.82) is 0 Å². The number of rotatable bonds is 4. The second-order valence-corrected chi connectivity index (χ2v) is 4.80. The summed E-state index contributed by atoms with van der Waals surface area (Å²) in [6.07, 6.45) is 10.9. The summed E-state index contributed by atoms with van der Waals surface area (Å²) < 4.78 is 0. The lowest BCUT2D eigenvalue weighted by Gasteiger charge is -2.34. The maximum Gasteiger partial charge on any atom is -0.0386 e. The van der Waals surface area contributed by atoms with E-state index in [0.29, 0.717) is 0 Å². The van der Waals surface area contributed by atoms with Gasteiger partial charge in [-0.3, -0.25) is 0 Å². The summed E-state index contributed by atoms with van der Waals surface area (Å²) in [4.78, 5) is 0. The van der Waals surface area contributed by atoms with Crippen molar-refractivity contribution in [2.75, 3.05) is 0 Å². The highest BCUT2D eigenvalue weighted by atomic mass is 14.3. The summed E-state index contributed by atoms with van der Waals surface area (Å²) >= 11 is 0. The van der Waals surface area contributed by atoms with E-state index >= 15 is 0 Å². The Morgan fingerprint density at radius 2 is 2.00 bits per heavy atom. The molecule has 1 aliphatic carbocycles. The highest BCUT2D eigenvalue weighted by Crippen LogP contribution is 2.36. The van der Waals surface area contributed by atoms with Gasteiger partial charge in [0.2, 0.25) is 0 Å². The lowest BCUT2D eigenvalue weighted by atomic mass is 9.72. The molecule has 0 amide bonds. The summed E-state index contributed by atoms with van der Waals surface area (Å²) in [5, 5.41) is 0. The van der Waals surface area contributed by atoms with Crippen LogP contribution in [-0.4, -0.2) is 0 Å². The zero-order valence-corrected chi connectivity index (χ0v) is 9.55. The smallest absolute Gasteiger partial charge is 0.0386 e. The Bertz CT molecular complexity index is 128. The molecule has 0 aromatic rings. The van der Waals surface area contributed by atoms with Crippen LogP contribution >= 0.6 is 0 Å². The minimum absolute atomic E-state index is 0.971. The van der Waals surface area contributed by atoms with E-state index in [4.69, 9.17) is 0 Å². The van der Waals surface area contributed by atoms with Crippen LogP contribution in [0.2, 0.25) is 0 Å². The average Bonchev–Trinajstić information content (AvgIpc) is 2.13. The molecule has 1 aliphatic rings. The van der Waals surface area contributed by atoms with Crippen LogP contribution in [0.15, 0.2) is 0 Å². The Hall–Kier alpha value is 0. The third kappa shape index (κ3) is 3.32. The monoisotopic (exact) mass is 181 g/mol. The molecule has 0 heterocycles. The van der Waals surface area contributed by atoms with Crippen LogP contribution in [0.25, 0.3) is 0 Å². The lowest BCUT2D eigenvalue weighted by molar-refractivity contribution is 0.172. The van der Waals surface area contributed by atoms with Crippen molar-refractivity contribution in [1.82, 2.24) is 0 Å². The van der Waals surface area contributed by atoms with Crippen molar-refractivity contribution in [3.05, 3.63) is 6.42 Å². The first-order valence-electron chi connectivity index (χ1n) is 6.07. The molecule has 0 aromatic heterocycles. The molecule has 3 unspecified atom stereocenters. The van der Waals surface area contributed by atoms with Crippen molar-refractivity contribution in [3.63, 3.8) is 0 Å². The molecule has 0 aromatic carbocycles. The zero-order valence-electron chi connectivity index (χ0n) is 9.55. The second kappa shape index (κ2) is 5.67. The fourth-order valence-electron chi connectivity index (χ4n) is 2.64. The molecule has 1 fully saturated rings. The Labute approximate surface area is 84.1 Å². The average molecular weight is 181 g/mol. The summed E-state index contributed by atoms with van der Waals surface area (Å²) in [5.74, 6) is 2.96. The minimum atomic E-state index is 0.971. The summed E-state index contributed by atoms with van der Waals surface area (Å²) in [5.41, 5.74) is 0. The SMILES string of the molecule is CC[CH]CCC1CCCC(C)C1C. The highest BCUT2D eigenvalue weighted by Gasteiger charge is 2.26. The van der Waals surface area contributed by atoms with Gasteiger partial charge in [-0.1, -0.05) is 46.5 Å². The van der Waals surface area contributed by atoms with Crippen LogP contribution < -0.4 is 0 Å². The van der Waals surface area contributed by atoms with Gasteiger partial charge >= 0.3 is 0 Å². The van der Waals surface area contributed by atoms with Crippen molar-refractivity contribution >= 4 is 0 Å². The quantitative estimate of drug-likeness (QED) is 0.562. The van der Waals surface area contributed by atoms with Gasteiger partial charge in [0.05, 0.1) is 0 Å². The van der Waals surface area contributed by atoms with Gasteiger partial charge in [0.1, 0.15) is 0 Å². The molecule has 0 N–H and O–H groups in total. The number of hydrogen-bond donors (Lipinski definition) is 0. The Morgan fingerprint density at radius 1 is 1.23 bits per heavy atom. The molecule has 0 aliphatic heterocycles. The fraction of sp³-hybridized carbons (Fsp3) is 0.923. The molecule has 77 valence electrons. The maximum absolute atomic E-state index is 2.46. The predicted octanol–water partition coefficient (Wildman–Crippen LogP) is 4.45. The molecule has 1 radical (unpaired) electrons. The molecule has 0 heteroatoms. The fourth-order valence-corrected chi connectivity index (χ4v) is 2.64. The van der Waals surface area contributed by atoms with Crippen molar-refractivity contribution < 1.29 is 0 Å². The van der Waals surface area contributed by atoms with Crippen molar-refractivity contribution in [2.24, 2.45) is 17.8 Å². The largest absolute Gasteiger partial charge is 0.0651 e. The van der Waals surface area contributed by atoms with Gasteiger partial charge in [0, 0.05) is 0 Å². The molecule has 13 heavy (non-hydrogen) atoms. The van der Waals surface area contributed by atoms with Gasteiger partial charge in [-0.25, -0.2) is 0 Å². The third-order valence-corrected chi connectivity index (χ3v) is 3.91. The van der Waals surface area contributed by atoms with Gasteiger partial charge < -0.3 is 0 Å². The summed E-state index contributed by atoms with van der Waals surface area (Å²) in [6.45, 7) is 7.13.